The zero-order valence-corrected chi connectivity index (χ0v) is 8.49. The monoisotopic (exact) mass is 231 g/mol. The maximum atomic E-state index is 11.7. The smallest absolute Gasteiger partial charge is 0.458 e. The highest BCUT2D eigenvalue weighted by atomic mass is 32.1. The van der Waals surface area contributed by atoms with Crippen molar-refractivity contribution in [2.24, 2.45) is 5.73 Å². The SMILES string of the molecule is CC(S)(CCN)COC(=O)C(F)(F)F. The van der Waals surface area contributed by atoms with Gasteiger partial charge in [-0.1, -0.05) is 0 Å². The second kappa shape index (κ2) is 4.88. The molecule has 0 aliphatic heterocycles. The zero-order chi connectivity index (χ0) is 11.4. The van der Waals surface area contributed by atoms with E-state index >= 15 is 0 Å². The Balaban J connectivity index is 4.00. The number of hydrogen-bond acceptors (Lipinski definition) is 4. The van der Waals surface area contributed by atoms with E-state index in [9.17, 15) is 18.0 Å². The van der Waals surface area contributed by atoms with Crippen LogP contribution in [-0.4, -0.2) is 30.0 Å². The molecule has 84 valence electrons. The minimum atomic E-state index is -4.95. The molecule has 0 heterocycles. The van der Waals surface area contributed by atoms with Crippen molar-refractivity contribution in [3.05, 3.63) is 0 Å². The average molecular weight is 231 g/mol. The lowest BCUT2D eigenvalue weighted by Gasteiger charge is -2.22. The first kappa shape index (κ1) is 13.6. The van der Waals surface area contributed by atoms with Crippen molar-refractivity contribution in [1.29, 1.82) is 0 Å². The minimum absolute atomic E-state index is 0.267. The predicted molar refractivity (Wildman–Crippen MR) is 48.1 cm³/mol. The van der Waals surface area contributed by atoms with Crippen LogP contribution in [0.2, 0.25) is 0 Å². The molecule has 0 aliphatic carbocycles. The number of alkyl halides is 3. The molecule has 0 rings (SSSR count). The van der Waals surface area contributed by atoms with Gasteiger partial charge >= 0.3 is 12.1 Å². The summed E-state index contributed by atoms with van der Waals surface area (Å²) < 4.78 is 38.3. The van der Waals surface area contributed by atoms with Crippen LogP contribution in [0.15, 0.2) is 0 Å². The van der Waals surface area contributed by atoms with Crippen molar-refractivity contribution in [3.8, 4) is 0 Å². The van der Waals surface area contributed by atoms with E-state index in [0.717, 1.165) is 0 Å². The Labute approximate surface area is 85.2 Å². The van der Waals surface area contributed by atoms with Gasteiger partial charge in [-0.05, 0) is 19.9 Å². The Morgan fingerprint density at radius 3 is 2.36 bits per heavy atom. The number of carbonyl (C=O) groups excluding carboxylic acids is 1. The molecule has 0 saturated heterocycles. The summed E-state index contributed by atoms with van der Waals surface area (Å²) >= 11 is 4.01. The van der Waals surface area contributed by atoms with Gasteiger partial charge in [0, 0.05) is 4.75 Å². The van der Waals surface area contributed by atoms with Crippen LogP contribution in [0.25, 0.3) is 0 Å². The Kier molecular flexibility index (Phi) is 4.73. The number of ether oxygens (including phenoxy) is 1. The molecule has 0 aromatic rings. The molecule has 0 fully saturated rings. The first-order valence-electron chi connectivity index (χ1n) is 3.85. The van der Waals surface area contributed by atoms with Gasteiger partial charge in [-0.25, -0.2) is 4.79 Å². The second-order valence-corrected chi connectivity index (χ2v) is 4.19. The third-order valence-electron chi connectivity index (χ3n) is 1.43. The van der Waals surface area contributed by atoms with E-state index in [-0.39, 0.29) is 6.54 Å². The number of carbonyl (C=O) groups is 1. The summed E-state index contributed by atoms with van der Waals surface area (Å²) in [6.07, 6.45) is -4.59. The van der Waals surface area contributed by atoms with E-state index in [0.29, 0.717) is 6.42 Å². The molecule has 0 amide bonds. The lowest BCUT2D eigenvalue weighted by molar-refractivity contribution is -0.200. The van der Waals surface area contributed by atoms with Crippen LogP contribution in [0.4, 0.5) is 13.2 Å². The summed E-state index contributed by atoms with van der Waals surface area (Å²) in [4.78, 5) is 10.3. The topological polar surface area (TPSA) is 52.3 Å². The molecule has 1 atom stereocenters. The summed E-state index contributed by atoms with van der Waals surface area (Å²) in [6, 6.07) is 0. The van der Waals surface area contributed by atoms with Crippen molar-refractivity contribution in [2.45, 2.75) is 24.3 Å². The summed E-state index contributed by atoms with van der Waals surface area (Å²) in [5.41, 5.74) is 5.20. The van der Waals surface area contributed by atoms with Crippen LogP contribution in [0.3, 0.4) is 0 Å². The zero-order valence-electron chi connectivity index (χ0n) is 7.60. The molecule has 0 aliphatic rings. The van der Waals surface area contributed by atoms with E-state index in [4.69, 9.17) is 5.73 Å². The maximum absolute atomic E-state index is 11.7. The van der Waals surface area contributed by atoms with Gasteiger partial charge < -0.3 is 10.5 Å². The first-order chi connectivity index (χ1) is 6.19. The Bertz CT molecular complexity index is 206. The lowest BCUT2D eigenvalue weighted by atomic mass is 10.1. The molecule has 0 aromatic carbocycles. The summed E-state index contributed by atoms with van der Waals surface area (Å²) in [6.45, 7) is 1.40. The van der Waals surface area contributed by atoms with E-state index in [1.165, 1.54) is 0 Å². The number of rotatable bonds is 4. The normalized spacial score (nSPS) is 16.1. The largest absolute Gasteiger partial charge is 0.490 e. The van der Waals surface area contributed by atoms with Gasteiger partial charge in [0.2, 0.25) is 0 Å². The third kappa shape index (κ3) is 5.33. The fourth-order valence-corrected chi connectivity index (χ4v) is 0.880. The van der Waals surface area contributed by atoms with Crippen LogP contribution >= 0.6 is 12.6 Å². The molecule has 1 unspecified atom stereocenters. The predicted octanol–water partition coefficient (Wildman–Crippen LogP) is 1.13. The van der Waals surface area contributed by atoms with Gasteiger partial charge in [0.15, 0.2) is 0 Å². The second-order valence-electron chi connectivity index (χ2n) is 3.11. The molecule has 0 aromatic heterocycles. The highest BCUT2D eigenvalue weighted by molar-refractivity contribution is 7.81. The molecule has 14 heavy (non-hydrogen) atoms. The molecule has 0 spiro atoms. The van der Waals surface area contributed by atoms with Crippen molar-refractivity contribution < 1.29 is 22.7 Å². The Morgan fingerprint density at radius 2 is 2.00 bits per heavy atom. The van der Waals surface area contributed by atoms with Gasteiger partial charge in [0.1, 0.15) is 6.61 Å². The highest BCUT2D eigenvalue weighted by Crippen LogP contribution is 2.21. The fourth-order valence-electron chi connectivity index (χ4n) is 0.686. The van der Waals surface area contributed by atoms with E-state index in [1.807, 2.05) is 0 Å². The van der Waals surface area contributed by atoms with Gasteiger partial charge in [0.25, 0.3) is 0 Å². The number of hydrogen-bond donors (Lipinski definition) is 2. The number of thiol groups is 1. The van der Waals surface area contributed by atoms with Crippen LogP contribution in [0.5, 0.6) is 0 Å². The van der Waals surface area contributed by atoms with Gasteiger partial charge in [0.05, 0.1) is 0 Å². The fraction of sp³-hybridized carbons (Fsp3) is 0.857. The van der Waals surface area contributed by atoms with Crippen molar-refractivity contribution >= 4 is 18.6 Å². The quantitative estimate of drug-likeness (QED) is 0.563. The summed E-state index contributed by atoms with van der Waals surface area (Å²) in [5.74, 6) is -2.20. The molecule has 7 heteroatoms. The highest BCUT2D eigenvalue weighted by Gasteiger charge is 2.41. The van der Waals surface area contributed by atoms with Gasteiger partial charge in [-0.3, -0.25) is 0 Å². The average Bonchev–Trinajstić information content (AvgIpc) is 1.98. The number of nitrogens with two attached hydrogens (primary N) is 1. The Morgan fingerprint density at radius 1 is 1.50 bits per heavy atom. The van der Waals surface area contributed by atoms with E-state index in [1.54, 1.807) is 6.92 Å². The molecule has 0 saturated carbocycles. The van der Waals surface area contributed by atoms with E-state index < -0.39 is 23.5 Å². The van der Waals surface area contributed by atoms with Gasteiger partial charge in [-0.15, -0.1) is 0 Å². The lowest BCUT2D eigenvalue weighted by Crippen LogP contribution is -2.33. The van der Waals surface area contributed by atoms with Crippen LogP contribution in [0.1, 0.15) is 13.3 Å². The van der Waals surface area contributed by atoms with Gasteiger partial charge in [-0.2, -0.15) is 25.8 Å². The molecular weight excluding hydrogens is 219 g/mol. The molecule has 0 bridgehead atoms. The van der Waals surface area contributed by atoms with Crippen molar-refractivity contribution in [1.82, 2.24) is 0 Å². The molecule has 0 radical (unpaired) electrons. The minimum Gasteiger partial charge on any atom is -0.458 e. The molecule has 2 N–H and O–H groups in total. The summed E-state index contributed by atoms with van der Waals surface area (Å²) in [7, 11) is 0. The summed E-state index contributed by atoms with van der Waals surface area (Å²) in [5, 5.41) is 0. The third-order valence-corrected chi connectivity index (χ3v) is 1.78. The number of esters is 1. The van der Waals surface area contributed by atoms with Crippen LogP contribution in [-0.2, 0) is 9.53 Å². The number of halogens is 3. The maximum Gasteiger partial charge on any atom is 0.490 e. The molecular formula is C7H12F3NO2S. The van der Waals surface area contributed by atoms with Crippen LogP contribution < -0.4 is 5.73 Å². The van der Waals surface area contributed by atoms with Crippen molar-refractivity contribution in [3.63, 3.8) is 0 Å². The molecule has 3 nitrogen and oxygen atoms in total. The standard InChI is InChI=1S/C7H12F3NO2S/c1-6(14,2-3-11)4-13-5(12)7(8,9)10/h14H,2-4,11H2,1H3. The van der Waals surface area contributed by atoms with Crippen LogP contribution in [0, 0.1) is 0 Å². The Hall–Kier alpha value is -0.430. The van der Waals surface area contributed by atoms with E-state index in [2.05, 4.69) is 17.4 Å². The van der Waals surface area contributed by atoms with Crippen molar-refractivity contribution in [2.75, 3.05) is 13.2 Å². The first-order valence-corrected chi connectivity index (χ1v) is 4.30.